The van der Waals surface area contributed by atoms with Crippen LogP contribution in [-0.4, -0.2) is 26.9 Å². The van der Waals surface area contributed by atoms with Crippen molar-refractivity contribution in [3.05, 3.63) is 80.3 Å². The van der Waals surface area contributed by atoms with Gasteiger partial charge in [-0.25, -0.2) is 0 Å². The molecule has 0 radical (unpaired) electrons. The highest BCUT2D eigenvalue weighted by atomic mass is 32.2. The van der Waals surface area contributed by atoms with E-state index in [0.29, 0.717) is 6.54 Å². The minimum absolute atomic E-state index is 0.00369. The van der Waals surface area contributed by atoms with Gasteiger partial charge in [0, 0.05) is 21.6 Å². The zero-order valence-corrected chi connectivity index (χ0v) is 19.6. The molecule has 7 atom stereocenters. The summed E-state index contributed by atoms with van der Waals surface area (Å²) in [4.78, 5) is 39.3. The van der Waals surface area contributed by atoms with E-state index in [2.05, 4.69) is 0 Å². The molecule has 2 aromatic carbocycles. The number of rotatable bonds is 3. The van der Waals surface area contributed by atoms with Gasteiger partial charge in [0.25, 0.3) is 0 Å². The topological polar surface area (TPSA) is 85.6 Å². The average Bonchev–Trinajstić information content (AvgIpc) is 3.55. The van der Waals surface area contributed by atoms with Gasteiger partial charge >= 0.3 is 16.8 Å². The molecule has 172 valence electrons. The van der Waals surface area contributed by atoms with E-state index in [4.69, 9.17) is 4.74 Å². The number of nitrogens with zero attached hydrogens (tertiary/aromatic N) is 1. The summed E-state index contributed by atoms with van der Waals surface area (Å²) in [5, 5.41) is 11.8. The fourth-order valence-corrected chi connectivity index (χ4v) is 10.1. The lowest BCUT2D eigenvalue weighted by Crippen LogP contribution is -2.43. The minimum Gasteiger partial charge on any atom is -0.508 e. The fourth-order valence-electron chi connectivity index (χ4n) is 6.92. The molecule has 2 saturated carbocycles. The summed E-state index contributed by atoms with van der Waals surface area (Å²) in [5.41, 5.74) is 1.83. The summed E-state index contributed by atoms with van der Waals surface area (Å²) in [7, 11) is 0. The van der Waals surface area contributed by atoms with E-state index in [1.807, 2.05) is 47.0 Å². The monoisotopic (exact) mass is 491 g/mol. The lowest BCUT2D eigenvalue weighted by molar-refractivity contribution is -0.154. The van der Waals surface area contributed by atoms with Crippen molar-refractivity contribution in [2.45, 2.75) is 29.2 Å². The van der Waals surface area contributed by atoms with Gasteiger partial charge < -0.3 is 9.84 Å². The van der Waals surface area contributed by atoms with Gasteiger partial charge in [0.15, 0.2) is 0 Å². The van der Waals surface area contributed by atoms with Crippen molar-refractivity contribution in [2.75, 3.05) is 0 Å². The Bertz CT molecular complexity index is 1400. The Labute approximate surface area is 203 Å². The first-order chi connectivity index (χ1) is 16.5. The van der Waals surface area contributed by atoms with E-state index in [9.17, 15) is 19.5 Å². The number of esters is 2. The Morgan fingerprint density at radius 2 is 1.65 bits per heavy atom. The normalized spacial score (nSPS) is 32.9. The molecule has 2 bridgehead atoms. The van der Waals surface area contributed by atoms with Crippen molar-refractivity contribution in [3.63, 3.8) is 0 Å². The molecule has 6 nitrogen and oxygen atoms in total. The molecule has 1 aromatic heterocycles. The second kappa shape index (κ2) is 7.33. The number of para-hydroxylation sites is 1. The highest BCUT2D eigenvalue weighted by Crippen LogP contribution is 2.68. The van der Waals surface area contributed by atoms with Crippen molar-refractivity contribution in [1.29, 1.82) is 0 Å². The smallest absolute Gasteiger partial charge is 0.317 e. The van der Waals surface area contributed by atoms with Gasteiger partial charge in [-0.15, -0.1) is 11.8 Å². The summed E-state index contributed by atoms with van der Waals surface area (Å²) in [6, 6.07) is 17.2. The number of aromatic nitrogens is 1. The van der Waals surface area contributed by atoms with Crippen LogP contribution in [0, 0.1) is 29.6 Å². The fraction of sp³-hybridized carbons (Fsp3) is 0.346. The molecule has 1 N–H and O–H groups in total. The number of phenols is 1. The summed E-state index contributed by atoms with van der Waals surface area (Å²) >= 11 is 2.93. The van der Waals surface area contributed by atoms with Crippen LogP contribution in [-0.2, 0) is 20.9 Å². The van der Waals surface area contributed by atoms with E-state index in [1.165, 1.54) is 11.3 Å². The highest BCUT2D eigenvalue weighted by Gasteiger charge is 2.69. The van der Waals surface area contributed by atoms with Gasteiger partial charge in [-0.2, -0.15) is 0 Å². The van der Waals surface area contributed by atoms with Crippen LogP contribution < -0.4 is 4.87 Å². The zero-order valence-electron chi connectivity index (χ0n) is 18.0. The van der Waals surface area contributed by atoms with E-state index < -0.39 is 17.9 Å². The van der Waals surface area contributed by atoms with Crippen molar-refractivity contribution < 1.29 is 19.4 Å². The first kappa shape index (κ1) is 20.5. The Hall–Kier alpha value is -2.84. The predicted molar refractivity (Wildman–Crippen MR) is 127 cm³/mol. The van der Waals surface area contributed by atoms with Gasteiger partial charge in [-0.3, -0.25) is 19.0 Å². The number of hydrogen-bond acceptors (Lipinski definition) is 7. The Balaban J connectivity index is 1.40. The molecule has 7 rings (SSSR count). The number of benzene rings is 2. The molecule has 34 heavy (non-hydrogen) atoms. The Kier molecular flexibility index (Phi) is 4.42. The minimum atomic E-state index is -0.405. The maximum atomic E-state index is 13.2. The maximum Gasteiger partial charge on any atom is 0.317 e. The quantitative estimate of drug-likeness (QED) is 0.443. The van der Waals surface area contributed by atoms with Crippen molar-refractivity contribution in [1.82, 2.24) is 4.57 Å². The van der Waals surface area contributed by atoms with Crippen molar-refractivity contribution in [3.8, 4) is 5.75 Å². The molecular weight excluding hydrogens is 470 g/mol. The number of hydrogen-bond donors (Lipinski definition) is 1. The first-order valence-corrected chi connectivity index (χ1v) is 13.2. The molecule has 0 spiro atoms. The van der Waals surface area contributed by atoms with Crippen LogP contribution in [0.25, 0.3) is 0 Å². The Morgan fingerprint density at radius 3 is 2.41 bits per heavy atom. The molecule has 0 unspecified atom stereocenters. The second-order valence-electron chi connectivity index (χ2n) is 9.66. The molecule has 8 heteroatoms. The van der Waals surface area contributed by atoms with Gasteiger partial charge in [0.1, 0.15) is 5.75 Å². The van der Waals surface area contributed by atoms with E-state index >= 15 is 0 Å². The lowest BCUT2D eigenvalue weighted by atomic mass is 9.68. The number of fused-ring (bicyclic) bond motifs is 9. The lowest BCUT2D eigenvalue weighted by Gasteiger charge is -2.43. The third-order valence-corrected chi connectivity index (χ3v) is 10.9. The maximum absolute atomic E-state index is 13.2. The van der Waals surface area contributed by atoms with Crippen molar-refractivity contribution in [2.24, 2.45) is 29.6 Å². The van der Waals surface area contributed by atoms with E-state index in [0.717, 1.165) is 27.5 Å². The largest absolute Gasteiger partial charge is 0.508 e. The summed E-state index contributed by atoms with van der Waals surface area (Å²) in [6.45, 7) is 0.476. The van der Waals surface area contributed by atoms with Gasteiger partial charge in [0.05, 0.1) is 23.4 Å². The van der Waals surface area contributed by atoms with Gasteiger partial charge in [-0.1, -0.05) is 59.9 Å². The second-order valence-corrected chi connectivity index (χ2v) is 11.8. The van der Waals surface area contributed by atoms with Gasteiger partial charge in [0.2, 0.25) is 0 Å². The van der Waals surface area contributed by atoms with E-state index in [-0.39, 0.29) is 45.5 Å². The first-order valence-electron chi connectivity index (χ1n) is 11.5. The third kappa shape index (κ3) is 2.72. The molecule has 3 fully saturated rings. The number of phenolic OH excluding ortho intramolecular Hbond substituents is 1. The van der Waals surface area contributed by atoms with Crippen molar-refractivity contribution >= 4 is 35.0 Å². The van der Waals surface area contributed by atoms with Crippen LogP contribution in [0.5, 0.6) is 5.75 Å². The number of aromatic hydroxyl groups is 1. The van der Waals surface area contributed by atoms with Crippen LogP contribution in [0.3, 0.4) is 0 Å². The standard InChI is InChI=1S/C26H21NO5S2/c28-16-9-5-4-8-13(16)17-18-14-10-15(20-19(14)24(29)32-25(20)30)21(18)33-23-22(17)34-26(31)27(23)11-12-6-2-1-3-7-12/h1-9,14-15,17-21,28H,10-11H2/t14-,15-,17+,18-,19+,20-,21+/m1/s1. The molecule has 1 saturated heterocycles. The van der Waals surface area contributed by atoms with Crippen LogP contribution in [0.4, 0.5) is 0 Å². The van der Waals surface area contributed by atoms with Crippen LogP contribution in [0.15, 0.2) is 64.4 Å². The summed E-state index contributed by atoms with van der Waals surface area (Å²) < 4.78 is 6.91. The molecule has 3 heterocycles. The average molecular weight is 492 g/mol. The number of carbonyl (C=O) groups is 2. The third-order valence-electron chi connectivity index (χ3n) is 8.14. The molecule has 0 amide bonds. The van der Waals surface area contributed by atoms with Crippen LogP contribution in [0.1, 0.15) is 28.3 Å². The molecule has 3 aromatic rings. The van der Waals surface area contributed by atoms with Gasteiger partial charge in [-0.05, 0) is 35.8 Å². The molecule has 2 aliphatic carbocycles. The summed E-state index contributed by atoms with van der Waals surface area (Å²) in [6.07, 6.45) is 0.806. The number of cyclic esters (lactones) is 2. The molecule has 2 aliphatic heterocycles. The van der Waals surface area contributed by atoms with Crippen LogP contribution in [0.2, 0.25) is 0 Å². The number of thiazole rings is 1. The zero-order chi connectivity index (χ0) is 23.1. The summed E-state index contributed by atoms with van der Waals surface area (Å²) in [5.74, 6) is -1.49. The highest BCUT2D eigenvalue weighted by molar-refractivity contribution is 8.00. The Morgan fingerprint density at radius 1 is 0.941 bits per heavy atom. The SMILES string of the molecule is O=C1OC(=O)[C@H]2[C@@H]3C[C@@H]([C@@H]4Sc5c(sc(=O)n5Cc5ccccc5)[C@@H](c5ccccc5O)[C@@H]34)[C@@H]12. The number of thioether (sulfide) groups is 1. The van der Waals surface area contributed by atoms with Crippen LogP contribution >= 0.6 is 23.1 Å². The molecular formula is C26H21NO5S2. The number of carbonyl (C=O) groups excluding carboxylic acids is 2. The molecule has 4 aliphatic rings. The van der Waals surface area contributed by atoms with E-state index in [1.54, 1.807) is 23.9 Å². The number of ether oxygens (including phenoxy) is 1. The predicted octanol–water partition coefficient (Wildman–Crippen LogP) is 3.85.